The second-order valence-electron chi connectivity index (χ2n) is 4.50. The van der Waals surface area contributed by atoms with Gasteiger partial charge in [0.2, 0.25) is 0 Å². The maximum atomic E-state index is 4.14. The van der Waals surface area contributed by atoms with Crippen molar-refractivity contribution < 1.29 is 0 Å². The van der Waals surface area contributed by atoms with Gasteiger partial charge in [0.1, 0.15) is 0 Å². The lowest BCUT2D eigenvalue weighted by Gasteiger charge is -2.25. The minimum absolute atomic E-state index is 0.199. The lowest BCUT2D eigenvalue weighted by atomic mass is 9.99. The summed E-state index contributed by atoms with van der Waals surface area (Å²) in [6, 6.07) is 0. The molecule has 1 rings (SSSR count). The highest BCUT2D eigenvalue weighted by atomic mass is 15.2. The molecule has 0 atom stereocenters. The fourth-order valence-electron chi connectivity index (χ4n) is 1.62. The van der Waals surface area contributed by atoms with E-state index in [1.165, 1.54) is 18.4 Å². The molecule has 15 heavy (non-hydrogen) atoms. The summed E-state index contributed by atoms with van der Waals surface area (Å²) in [7, 11) is 0. The first-order valence-corrected chi connectivity index (χ1v) is 5.48. The number of nitrogens with one attached hydrogen (secondary N) is 1. The van der Waals surface area contributed by atoms with Gasteiger partial charge in [-0.3, -0.25) is 0 Å². The molecule has 3 heteroatoms. The Bertz CT molecular complexity index is 312. The van der Waals surface area contributed by atoms with Gasteiger partial charge in [-0.2, -0.15) is 5.10 Å². The summed E-state index contributed by atoms with van der Waals surface area (Å²) in [4.78, 5) is 0. The van der Waals surface area contributed by atoms with Crippen molar-refractivity contribution in [3.8, 4) is 0 Å². The molecule has 1 heterocycles. The van der Waals surface area contributed by atoms with Crippen LogP contribution >= 0.6 is 0 Å². The Labute approximate surface area is 92.2 Å². The van der Waals surface area contributed by atoms with E-state index in [1.807, 2.05) is 12.4 Å². The first kappa shape index (κ1) is 12.0. The van der Waals surface area contributed by atoms with Crippen LogP contribution in [0.3, 0.4) is 0 Å². The fraction of sp³-hybridized carbons (Fsp3) is 0.583. The van der Waals surface area contributed by atoms with Gasteiger partial charge in [0.05, 0.1) is 6.20 Å². The monoisotopic (exact) mass is 207 g/mol. The van der Waals surface area contributed by atoms with Crippen molar-refractivity contribution in [1.29, 1.82) is 0 Å². The average Bonchev–Trinajstić information content (AvgIpc) is 2.62. The molecule has 1 aromatic heterocycles. The lowest BCUT2D eigenvalue weighted by molar-refractivity contribution is 0.357. The van der Waals surface area contributed by atoms with Crippen LogP contribution in [0, 0.1) is 0 Å². The Kier molecular flexibility index (Phi) is 4.09. The van der Waals surface area contributed by atoms with Crippen molar-refractivity contribution in [2.24, 2.45) is 0 Å². The molecule has 0 aromatic carbocycles. The van der Waals surface area contributed by atoms with Gasteiger partial charge in [-0.1, -0.05) is 19.9 Å². The topological polar surface area (TPSA) is 29.9 Å². The lowest BCUT2D eigenvalue weighted by Crippen LogP contribution is -2.38. The van der Waals surface area contributed by atoms with Gasteiger partial charge >= 0.3 is 0 Å². The molecule has 0 fully saturated rings. The standard InChI is InChI=1S/C12H21N3/c1-5-7-12(3,4)13-8-11-9-14-15(6-2)10-11/h6,9-10,13H,2,5,7-8H2,1,3-4H3. The van der Waals surface area contributed by atoms with Gasteiger partial charge < -0.3 is 5.32 Å². The maximum Gasteiger partial charge on any atom is 0.0538 e. The highest BCUT2D eigenvalue weighted by Crippen LogP contribution is 2.11. The second kappa shape index (κ2) is 5.12. The highest BCUT2D eigenvalue weighted by Gasteiger charge is 2.15. The fourth-order valence-corrected chi connectivity index (χ4v) is 1.62. The zero-order chi connectivity index (χ0) is 11.3. The molecule has 0 aliphatic heterocycles. The Morgan fingerprint density at radius 2 is 2.33 bits per heavy atom. The molecule has 84 valence electrons. The largest absolute Gasteiger partial charge is 0.308 e. The number of rotatable bonds is 6. The van der Waals surface area contributed by atoms with E-state index in [4.69, 9.17) is 0 Å². The highest BCUT2D eigenvalue weighted by molar-refractivity contribution is 5.17. The van der Waals surface area contributed by atoms with E-state index >= 15 is 0 Å². The van der Waals surface area contributed by atoms with Gasteiger partial charge in [0, 0.05) is 30.0 Å². The van der Waals surface area contributed by atoms with E-state index < -0.39 is 0 Å². The van der Waals surface area contributed by atoms with Crippen LogP contribution in [0.25, 0.3) is 6.20 Å². The predicted octanol–water partition coefficient (Wildman–Crippen LogP) is 2.65. The third kappa shape index (κ3) is 3.88. The Morgan fingerprint density at radius 1 is 1.60 bits per heavy atom. The zero-order valence-corrected chi connectivity index (χ0v) is 9.95. The van der Waals surface area contributed by atoms with Gasteiger partial charge in [-0.25, -0.2) is 4.68 Å². The molecule has 0 saturated carbocycles. The van der Waals surface area contributed by atoms with Crippen molar-refractivity contribution in [2.75, 3.05) is 0 Å². The first-order chi connectivity index (χ1) is 7.07. The molecule has 0 aliphatic carbocycles. The molecule has 0 unspecified atom stereocenters. The van der Waals surface area contributed by atoms with E-state index in [9.17, 15) is 0 Å². The van der Waals surface area contributed by atoms with Crippen molar-refractivity contribution >= 4 is 6.20 Å². The van der Waals surface area contributed by atoms with Crippen LogP contribution in [0.15, 0.2) is 19.0 Å². The second-order valence-corrected chi connectivity index (χ2v) is 4.50. The SMILES string of the molecule is C=Cn1cc(CNC(C)(C)CCC)cn1. The van der Waals surface area contributed by atoms with Crippen LogP contribution in [-0.2, 0) is 6.54 Å². The van der Waals surface area contributed by atoms with E-state index in [1.54, 1.807) is 10.9 Å². The quantitative estimate of drug-likeness (QED) is 0.777. The van der Waals surface area contributed by atoms with Crippen LogP contribution in [0.4, 0.5) is 0 Å². The summed E-state index contributed by atoms with van der Waals surface area (Å²) in [5, 5.41) is 7.67. The van der Waals surface area contributed by atoms with Crippen molar-refractivity contribution in [2.45, 2.75) is 45.7 Å². The van der Waals surface area contributed by atoms with E-state index in [0.29, 0.717) is 0 Å². The molecule has 0 saturated heterocycles. The molecule has 0 aliphatic rings. The van der Waals surface area contributed by atoms with Gasteiger partial charge in [0.25, 0.3) is 0 Å². The molecule has 0 amide bonds. The summed E-state index contributed by atoms with van der Waals surface area (Å²) in [6.07, 6.45) is 7.94. The number of nitrogens with zero attached hydrogens (tertiary/aromatic N) is 2. The minimum Gasteiger partial charge on any atom is -0.308 e. The van der Waals surface area contributed by atoms with E-state index in [0.717, 1.165) is 6.54 Å². The van der Waals surface area contributed by atoms with Crippen LogP contribution in [0.5, 0.6) is 0 Å². The van der Waals surface area contributed by atoms with Crippen LogP contribution in [-0.4, -0.2) is 15.3 Å². The van der Waals surface area contributed by atoms with Gasteiger partial charge in [0.15, 0.2) is 0 Å². The maximum absolute atomic E-state index is 4.14. The Hall–Kier alpha value is -1.09. The van der Waals surface area contributed by atoms with Gasteiger partial charge in [-0.05, 0) is 20.3 Å². The summed E-state index contributed by atoms with van der Waals surface area (Å²) in [5.41, 5.74) is 1.39. The van der Waals surface area contributed by atoms with Crippen LogP contribution in [0.1, 0.15) is 39.2 Å². The molecule has 3 nitrogen and oxygen atoms in total. The van der Waals surface area contributed by atoms with Crippen LogP contribution < -0.4 is 5.32 Å². The molecular formula is C12H21N3. The summed E-state index contributed by atoms with van der Waals surface area (Å²) in [5.74, 6) is 0. The third-order valence-electron chi connectivity index (χ3n) is 2.49. The van der Waals surface area contributed by atoms with Crippen LogP contribution in [0.2, 0.25) is 0 Å². The number of hydrogen-bond donors (Lipinski definition) is 1. The number of hydrogen-bond acceptors (Lipinski definition) is 2. The molecule has 0 bridgehead atoms. The Balaban J connectivity index is 2.45. The molecular weight excluding hydrogens is 186 g/mol. The summed E-state index contributed by atoms with van der Waals surface area (Å²) >= 11 is 0. The molecule has 0 spiro atoms. The molecule has 1 aromatic rings. The zero-order valence-electron chi connectivity index (χ0n) is 9.95. The minimum atomic E-state index is 0.199. The first-order valence-electron chi connectivity index (χ1n) is 5.48. The summed E-state index contributed by atoms with van der Waals surface area (Å²) < 4.78 is 1.73. The Morgan fingerprint density at radius 3 is 2.87 bits per heavy atom. The van der Waals surface area contributed by atoms with Crippen molar-refractivity contribution in [1.82, 2.24) is 15.1 Å². The predicted molar refractivity (Wildman–Crippen MR) is 64.4 cm³/mol. The smallest absolute Gasteiger partial charge is 0.0538 e. The van der Waals surface area contributed by atoms with Crippen molar-refractivity contribution in [3.05, 3.63) is 24.5 Å². The third-order valence-corrected chi connectivity index (χ3v) is 2.49. The number of aromatic nitrogens is 2. The van der Waals surface area contributed by atoms with E-state index in [2.05, 4.69) is 37.8 Å². The van der Waals surface area contributed by atoms with Crippen molar-refractivity contribution in [3.63, 3.8) is 0 Å². The molecule has 0 radical (unpaired) electrons. The van der Waals surface area contributed by atoms with E-state index in [-0.39, 0.29) is 5.54 Å². The normalized spacial score (nSPS) is 11.7. The summed E-state index contributed by atoms with van der Waals surface area (Å²) in [6.45, 7) is 11.2. The molecule has 1 N–H and O–H groups in total. The average molecular weight is 207 g/mol. The van der Waals surface area contributed by atoms with Gasteiger partial charge in [-0.15, -0.1) is 0 Å².